The lowest BCUT2D eigenvalue weighted by Gasteiger charge is -2.78. The Morgan fingerprint density at radius 3 is 2.59 bits per heavy atom. The molecule has 0 unspecified atom stereocenters. The summed E-state index contributed by atoms with van der Waals surface area (Å²) in [5.41, 5.74) is -1.06. The normalized spacial score (nSPS) is 38.8. The Morgan fingerprint density at radius 1 is 1.18 bits per heavy atom. The predicted octanol–water partition coefficient (Wildman–Crippen LogP) is 4.36. The molecule has 8 rings (SSSR count). The van der Waals surface area contributed by atoms with Crippen molar-refractivity contribution in [2.24, 2.45) is 22.7 Å². The molecule has 1 aromatic carbocycles. The molecule has 1 saturated heterocycles. The van der Waals surface area contributed by atoms with E-state index in [2.05, 4.69) is 38.7 Å². The fourth-order valence-corrected chi connectivity index (χ4v) is 10.8. The van der Waals surface area contributed by atoms with Gasteiger partial charge in [0.1, 0.15) is 11.2 Å². The van der Waals surface area contributed by atoms with Gasteiger partial charge in [-0.3, -0.25) is 4.90 Å². The van der Waals surface area contributed by atoms with E-state index in [1.807, 2.05) is 13.0 Å². The molecule has 0 aromatic heterocycles. The molecule has 3 N–H and O–H groups in total. The molecule has 9 heteroatoms. The number of methoxy groups -OCH3 is 1. The van der Waals surface area contributed by atoms with Crippen LogP contribution in [0.3, 0.4) is 0 Å². The van der Waals surface area contributed by atoms with Gasteiger partial charge in [-0.25, -0.2) is 4.79 Å². The van der Waals surface area contributed by atoms with Gasteiger partial charge in [-0.2, -0.15) is 0 Å². The summed E-state index contributed by atoms with van der Waals surface area (Å²) >= 11 is 0. The first-order valence-corrected chi connectivity index (χ1v) is 16.7. The van der Waals surface area contributed by atoms with Crippen molar-refractivity contribution in [1.82, 2.24) is 4.90 Å². The lowest BCUT2D eigenvalue weighted by atomic mass is 9.30. The van der Waals surface area contributed by atoms with E-state index in [4.69, 9.17) is 24.1 Å². The van der Waals surface area contributed by atoms with E-state index in [0.29, 0.717) is 17.5 Å². The van der Waals surface area contributed by atoms with Crippen LogP contribution in [0.15, 0.2) is 12.1 Å². The summed E-state index contributed by atoms with van der Waals surface area (Å²) in [7, 11) is 1.79. The molecule has 0 radical (unpaired) electrons. The van der Waals surface area contributed by atoms with Gasteiger partial charge < -0.3 is 34.3 Å². The number of carbonyl (C=O) groups is 1. The molecule has 2 aliphatic heterocycles. The molecule has 4 bridgehead atoms. The minimum atomic E-state index is -1.03. The Kier molecular flexibility index (Phi) is 6.84. The molecule has 7 aliphatic rings. The first kappa shape index (κ1) is 30.7. The average Bonchev–Trinajstić information content (AvgIpc) is 3.74. The van der Waals surface area contributed by atoms with Gasteiger partial charge >= 0.3 is 6.16 Å². The molecule has 5 fully saturated rings. The summed E-state index contributed by atoms with van der Waals surface area (Å²) in [4.78, 5) is 15.6. The number of rotatable bonds is 9. The van der Waals surface area contributed by atoms with Gasteiger partial charge in [0, 0.05) is 43.0 Å². The Bertz CT molecular complexity index is 1340. The number of aliphatic hydroxyl groups excluding tert-OH is 2. The standard InChI is InChI=1S/C35H51NO8/c1-30(2,3)31(4,40)25-18-33-12-13-35(25,41-6)32(5)34(33)14-15-36(19-21-7-8-21)26(33)17-22-9-10-24(28(44-32)27(22)34)43-29(39)42-16-11-23(38)20-37/h9-10,21,23,25-26,37-38,40H,7-8,11-20H2,1-6H3/t23-,25+,26+,31-,32-,33+,34-,35+/m0/s1. The Morgan fingerprint density at radius 2 is 1.93 bits per heavy atom. The smallest absolute Gasteiger partial charge is 0.479 e. The van der Waals surface area contributed by atoms with Gasteiger partial charge in [0.2, 0.25) is 0 Å². The van der Waals surface area contributed by atoms with Crippen molar-refractivity contribution in [2.75, 3.05) is 33.4 Å². The van der Waals surface area contributed by atoms with Crippen LogP contribution in [0.2, 0.25) is 0 Å². The number of fused-ring (bicyclic) bond motifs is 2. The van der Waals surface area contributed by atoms with Crippen molar-refractivity contribution in [3.05, 3.63) is 23.3 Å². The maximum Gasteiger partial charge on any atom is 0.513 e. The van der Waals surface area contributed by atoms with Crippen LogP contribution in [0, 0.1) is 22.7 Å². The summed E-state index contributed by atoms with van der Waals surface area (Å²) in [6.07, 6.45) is 5.40. The second-order valence-electron chi connectivity index (χ2n) is 16.1. The van der Waals surface area contributed by atoms with Crippen LogP contribution in [-0.2, 0) is 21.3 Å². The SMILES string of the molecule is CO[C@]12CC[C@@]3(C[C@@H]1[C@](C)(O)C(C)(C)C)[C@H]1Cc4ccc(OC(=O)OCC[C@H](O)CO)c5c4[C@@]3(CCN1CC1CC1)[C@]2(C)O5. The maximum atomic E-state index is 12.8. The molecule has 9 nitrogen and oxygen atoms in total. The second kappa shape index (κ2) is 9.80. The summed E-state index contributed by atoms with van der Waals surface area (Å²) in [6, 6.07) is 4.28. The number of hydrogen-bond acceptors (Lipinski definition) is 9. The van der Waals surface area contributed by atoms with E-state index < -0.39 is 41.1 Å². The molecule has 0 amide bonds. The van der Waals surface area contributed by atoms with Crippen molar-refractivity contribution in [2.45, 2.75) is 120 Å². The largest absolute Gasteiger partial charge is 0.513 e. The summed E-state index contributed by atoms with van der Waals surface area (Å²) in [6.45, 7) is 12.2. The highest BCUT2D eigenvalue weighted by Crippen LogP contribution is 2.81. The third-order valence-electron chi connectivity index (χ3n) is 13.6. The minimum absolute atomic E-state index is 0.0681. The van der Waals surface area contributed by atoms with Crippen LogP contribution >= 0.6 is 0 Å². The molecule has 2 spiro atoms. The molecule has 1 aromatic rings. The van der Waals surface area contributed by atoms with Gasteiger partial charge in [-0.1, -0.05) is 26.8 Å². The van der Waals surface area contributed by atoms with Crippen molar-refractivity contribution in [3.63, 3.8) is 0 Å². The summed E-state index contributed by atoms with van der Waals surface area (Å²) in [5.74, 6) is 1.55. The molecular formula is C35H51NO8. The van der Waals surface area contributed by atoms with Crippen LogP contribution in [0.1, 0.15) is 90.7 Å². The van der Waals surface area contributed by atoms with E-state index in [1.54, 1.807) is 7.11 Å². The zero-order valence-corrected chi connectivity index (χ0v) is 27.3. The summed E-state index contributed by atoms with van der Waals surface area (Å²) in [5, 5.41) is 31.2. The van der Waals surface area contributed by atoms with Crippen molar-refractivity contribution in [1.29, 1.82) is 0 Å². The lowest BCUT2D eigenvalue weighted by molar-refractivity contribution is -0.345. The molecule has 2 heterocycles. The van der Waals surface area contributed by atoms with Crippen molar-refractivity contribution >= 4 is 6.16 Å². The van der Waals surface area contributed by atoms with Crippen LogP contribution in [-0.4, -0.2) is 88.7 Å². The number of piperidine rings is 1. The highest BCUT2D eigenvalue weighted by atomic mass is 16.7. The zero-order chi connectivity index (χ0) is 31.5. The van der Waals surface area contributed by atoms with Gasteiger partial charge in [0.25, 0.3) is 0 Å². The monoisotopic (exact) mass is 613 g/mol. The van der Waals surface area contributed by atoms with Gasteiger partial charge in [-0.05, 0) is 88.3 Å². The van der Waals surface area contributed by atoms with E-state index in [9.17, 15) is 15.0 Å². The topological polar surface area (TPSA) is 118 Å². The summed E-state index contributed by atoms with van der Waals surface area (Å²) < 4.78 is 25.1. The van der Waals surface area contributed by atoms with Crippen LogP contribution in [0.5, 0.6) is 11.5 Å². The number of likely N-dealkylation sites (tertiary alicyclic amines) is 1. The quantitative estimate of drug-likeness (QED) is 0.276. The van der Waals surface area contributed by atoms with Gasteiger partial charge in [0.15, 0.2) is 11.5 Å². The molecule has 5 aliphatic carbocycles. The Balaban J connectivity index is 1.36. The third-order valence-corrected chi connectivity index (χ3v) is 13.6. The van der Waals surface area contributed by atoms with Gasteiger partial charge in [-0.15, -0.1) is 0 Å². The molecule has 8 atom stereocenters. The molecule has 244 valence electrons. The highest BCUT2D eigenvalue weighted by molar-refractivity contribution is 5.70. The fourth-order valence-electron chi connectivity index (χ4n) is 10.8. The number of ether oxygens (including phenoxy) is 4. The second-order valence-corrected chi connectivity index (χ2v) is 16.1. The number of nitrogens with zero attached hydrogens (tertiary/aromatic N) is 1. The van der Waals surface area contributed by atoms with E-state index in [0.717, 1.165) is 51.1 Å². The number of aliphatic hydroxyl groups is 3. The van der Waals surface area contributed by atoms with Gasteiger partial charge in [0.05, 0.1) is 30.3 Å². The predicted molar refractivity (Wildman–Crippen MR) is 163 cm³/mol. The molecular weight excluding hydrogens is 562 g/mol. The number of carbonyl (C=O) groups excluding carboxylic acids is 1. The van der Waals surface area contributed by atoms with Crippen LogP contribution in [0.4, 0.5) is 4.79 Å². The maximum absolute atomic E-state index is 12.8. The fraction of sp³-hybridized carbons (Fsp3) is 0.800. The average molecular weight is 614 g/mol. The zero-order valence-electron chi connectivity index (χ0n) is 27.3. The van der Waals surface area contributed by atoms with Crippen molar-refractivity contribution in [3.8, 4) is 11.5 Å². The lowest BCUT2D eigenvalue weighted by Crippen LogP contribution is -2.87. The van der Waals surface area contributed by atoms with Crippen LogP contribution in [0.25, 0.3) is 0 Å². The Hall–Kier alpha value is -1.91. The highest BCUT2D eigenvalue weighted by Gasteiger charge is 2.87. The van der Waals surface area contributed by atoms with E-state index in [-0.39, 0.29) is 29.8 Å². The van der Waals surface area contributed by atoms with Crippen molar-refractivity contribution < 1.29 is 39.1 Å². The minimum Gasteiger partial charge on any atom is -0.479 e. The first-order chi connectivity index (χ1) is 20.7. The molecule has 4 saturated carbocycles. The Labute approximate surface area is 261 Å². The number of hydrogen-bond donors (Lipinski definition) is 3. The van der Waals surface area contributed by atoms with E-state index >= 15 is 0 Å². The first-order valence-electron chi connectivity index (χ1n) is 16.7. The molecule has 44 heavy (non-hydrogen) atoms. The van der Waals surface area contributed by atoms with E-state index in [1.165, 1.54) is 24.0 Å². The third kappa shape index (κ3) is 3.73. The van der Waals surface area contributed by atoms with Crippen LogP contribution < -0.4 is 9.47 Å². The number of benzene rings is 1.